The quantitative estimate of drug-likeness (QED) is 0.487. The Bertz CT molecular complexity index is 783. The van der Waals surface area contributed by atoms with E-state index in [1.807, 2.05) is 0 Å². The molecule has 0 saturated heterocycles. The summed E-state index contributed by atoms with van der Waals surface area (Å²) in [7, 11) is 0. The Morgan fingerprint density at radius 2 is 1.70 bits per heavy atom. The molecule has 0 N–H and O–H groups in total. The van der Waals surface area contributed by atoms with Crippen LogP contribution in [0.5, 0.6) is 5.75 Å². The molecule has 0 amide bonds. The highest BCUT2D eigenvalue weighted by atomic mass is 19.4. The molecule has 0 fully saturated rings. The topological polar surface area (TPSA) is 52.6 Å². The first-order valence-corrected chi connectivity index (χ1v) is 8.37. The molecule has 7 heteroatoms. The molecule has 0 spiro atoms. The van der Waals surface area contributed by atoms with Crippen molar-refractivity contribution in [2.24, 2.45) is 0 Å². The van der Waals surface area contributed by atoms with Crippen LogP contribution < -0.4 is 4.74 Å². The molecular weight excluding hydrogens is 361 g/mol. The minimum Gasteiger partial charge on any atom is -0.489 e. The molecule has 2 aromatic rings. The summed E-state index contributed by atoms with van der Waals surface area (Å²) in [5, 5.41) is 0. The van der Waals surface area contributed by atoms with Crippen LogP contribution in [0.25, 0.3) is 0 Å². The Morgan fingerprint density at radius 3 is 2.33 bits per heavy atom. The van der Waals surface area contributed by atoms with Gasteiger partial charge in [0.1, 0.15) is 12.4 Å². The Hall–Kier alpha value is -2.83. The van der Waals surface area contributed by atoms with Gasteiger partial charge in [-0.1, -0.05) is 24.3 Å². The summed E-state index contributed by atoms with van der Waals surface area (Å²) in [5.74, 6) is -0.236. The molecule has 0 aliphatic heterocycles. The van der Waals surface area contributed by atoms with Crippen LogP contribution in [0.3, 0.4) is 0 Å². The first-order valence-electron chi connectivity index (χ1n) is 8.37. The van der Waals surface area contributed by atoms with Crippen molar-refractivity contribution in [2.75, 3.05) is 6.61 Å². The highest BCUT2D eigenvalue weighted by Crippen LogP contribution is 2.29. The number of carbonyl (C=O) groups excluding carboxylic acids is 2. The summed E-state index contributed by atoms with van der Waals surface area (Å²) in [5.41, 5.74) is 0.242. The van der Waals surface area contributed by atoms with Crippen molar-refractivity contribution in [1.82, 2.24) is 0 Å². The van der Waals surface area contributed by atoms with Crippen molar-refractivity contribution >= 4 is 11.8 Å². The van der Waals surface area contributed by atoms with Gasteiger partial charge in [0.25, 0.3) is 0 Å². The Kier molecular flexibility index (Phi) is 6.98. The van der Waals surface area contributed by atoms with Crippen molar-refractivity contribution in [1.29, 1.82) is 0 Å². The van der Waals surface area contributed by atoms with Crippen LogP contribution in [-0.2, 0) is 22.3 Å². The average Bonchev–Trinajstić information content (AvgIpc) is 2.64. The fourth-order valence-corrected chi connectivity index (χ4v) is 2.31. The van der Waals surface area contributed by atoms with E-state index in [4.69, 9.17) is 9.47 Å². The van der Waals surface area contributed by atoms with Crippen LogP contribution in [0.1, 0.15) is 41.3 Å². The van der Waals surface area contributed by atoms with E-state index in [1.165, 1.54) is 18.2 Å². The van der Waals surface area contributed by atoms with Gasteiger partial charge in [-0.25, -0.2) is 0 Å². The molecule has 2 rings (SSSR count). The van der Waals surface area contributed by atoms with Gasteiger partial charge in [0.15, 0.2) is 5.78 Å². The van der Waals surface area contributed by atoms with Crippen LogP contribution in [0.15, 0.2) is 48.5 Å². The summed E-state index contributed by atoms with van der Waals surface area (Å²) in [6.45, 7) is 2.02. The molecule has 4 nitrogen and oxygen atoms in total. The number of rotatable bonds is 8. The predicted octanol–water partition coefficient (Wildman–Crippen LogP) is 4.81. The third kappa shape index (κ3) is 6.44. The van der Waals surface area contributed by atoms with E-state index in [0.29, 0.717) is 16.9 Å². The van der Waals surface area contributed by atoms with Gasteiger partial charge in [0, 0.05) is 12.0 Å². The molecule has 0 aliphatic rings. The van der Waals surface area contributed by atoms with E-state index >= 15 is 0 Å². The molecule has 27 heavy (non-hydrogen) atoms. The maximum atomic E-state index is 12.6. The lowest BCUT2D eigenvalue weighted by Crippen LogP contribution is -2.08. The maximum Gasteiger partial charge on any atom is 0.416 e. The van der Waals surface area contributed by atoms with E-state index in [0.717, 1.165) is 12.1 Å². The van der Waals surface area contributed by atoms with Crippen LogP contribution in [-0.4, -0.2) is 18.4 Å². The highest BCUT2D eigenvalue weighted by molar-refractivity contribution is 5.97. The fourth-order valence-electron chi connectivity index (χ4n) is 2.31. The summed E-state index contributed by atoms with van der Waals surface area (Å²) in [6.07, 6.45) is -4.35. The maximum absolute atomic E-state index is 12.6. The molecule has 0 bridgehead atoms. The second-order valence-corrected chi connectivity index (χ2v) is 5.74. The smallest absolute Gasteiger partial charge is 0.416 e. The molecule has 0 aromatic heterocycles. The normalized spacial score (nSPS) is 11.1. The third-order valence-electron chi connectivity index (χ3n) is 3.70. The van der Waals surface area contributed by atoms with Crippen LogP contribution in [0.4, 0.5) is 13.2 Å². The SMILES string of the molecule is CCOC(=O)CCC(=O)c1cccc(OCc2ccc(C(F)(F)F)cc2)c1. The van der Waals surface area contributed by atoms with E-state index in [9.17, 15) is 22.8 Å². The number of carbonyl (C=O) groups is 2. The van der Waals surface area contributed by atoms with Crippen LogP contribution in [0.2, 0.25) is 0 Å². The molecule has 144 valence electrons. The van der Waals surface area contributed by atoms with E-state index in [2.05, 4.69) is 0 Å². The zero-order valence-corrected chi connectivity index (χ0v) is 14.7. The number of hydrogen-bond acceptors (Lipinski definition) is 4. The van der Waals surface area contributed by atoms with Gasteiger partial charge in [-0.2, -0.15) is 13.2 Å². The van der Waals surface area contributed by atoms with Crippen molar-refractivity contribution in [3.63, 3.8) is 0 Å². The summed E-state index contributed by atoms with van der Waals surface area (Å²) < 4.78 is 48.0. The predicted molar refractivity (Wildman–Crippen MR) is 92.4 cm³/mol. The largest absolute Gasteiger partial charge is 0.489 e. The molecule has 2 aromatic carbocycles. The van der Waals surface area contributed by atoms with E-state index in [1.54, 1.807) is 25.1 Å². The van der Waals surface area contributed by atoms with Gasteiger partial charge >= 0.3 is 12.1 Å². The van der Waals surface area contributed by atoms with Crippen LogP contribution in [0, 0.1) is 0 Å². The number of esters is 1. The van der Waals surface area contributed by atoms with Gasteiger partial charge in [-0.05, 0) is 36.8 Å². The van der Waals surface area contributed by atoms with Crippen molar-refractivity contribution in [2.45, 2.75) is 32.5 Å². The number of benzene rings is 2. The second kappa shape index (κ2) is 9.21. The zero-order chi connectivity index (χ0) is 19.9. The zero-order valence-electron chi connectivity index (χ0n) is 14.7. The molecule has 0 atom stereocenters. The number of halogens is 3. The molecule has 0 aliphatic carbocycles. The number of hydrogen-bond donors (Lipinski definition) is 0. The van der Waals surface area contributed by atoms with Crippen molar-refractivity contribution < 1.29 is 32.2 Å². The monoisotopic (exact) mass is 380 g/mol. The summed E-state index contributed by atoms with van der Waals surface area (Å²) >= 11 is 0. The first-order chi connectivity index (χ1) is 12.8. The average molecular weight is 380 g/mol. The highest BCUT2D eigenvalue weighted by Gasteiger charge is 2.29. The Balaban J connectivity index is 1.93. The fraction of sp³-hybridized carbons (Fsp3) is 0.300. The number of ketones is 1. The van der Waals surface area contributed by atoms with Gasteiger partial charge in [0.2, 0.25) is 0 Å². The first kappa shape index (κ1) is 20.5. The third-order valence-corrected chi connectivity index (χ3v) is 3.70. The Labute approximate surface area is 154 Å². The number of Topliss-reactive ketones (excluding diaryl/α,β-unsaturated/α-hetero) is 1. The molecule has 0 saturated carbocycles. The summed E-state index contributed by atoms with van der Waals surface area (Å²) in [6, 6.07) is 11.1. The Morgan fingerprint density at radius 1 is 1.00 bits per heavy atom. The number of alkyl halides is 3. The van der Waals surface area contributed by atoms with Crippen molar-refractivity contribution in [3.05, 3.63) is 65.2 Å². The molecule has 0 radical (unpaired) electrons. The van der Waals surface area contributed by atoms with E-state index in [-0.39, 0.29) is 31.8 Å². The van der Waals surface area contributed by atoms with E-state index < -0.39 is 17.7 Å². The minimum atomic E-state index is -4.38. The molecular formula is C20H19F3O4. The second-order valence-electron chi connectivity index (χ2n) is 5.74. The van der Waals surface area contributed by atoms with Gasteiger partial charge in [-0.3, -0.25) is 9.59 Å². The molecule has 0 heterocycles. The van der Waals surface area contributed by atoms with Crippen molar-refractivity contribution in [3.8, 4) is 5.75 Å². The standard InChI is InChI=1S/C20H19F3O4/c1-2-26-19(25)11-10-18(24)15-4-3-5-17(12-15)27-13-14-6-8-16(9-7-14)20(21,22)23/h3-9,12H,2,10-11,13H2,1H3. The van der Waals surface area contributed by atoms with Gasteiger partial charge < -0.3 is 9.47 Å². The lowest BCUT2D eigenvalue weighted by Gasteiger charge is -2.10. The minimum absolute atomic E-state index is 0.00329. The van der Waals surface area contributed by atoms with Gasteiger partial charge in [0.05, 0.1) is 18.6 Å². The lowest BCUT2D eigenvalue weighted by atomic mass is 10.1. The van der Waals surface area contributed by atoms with Crippen LogP contribution >= 0.6 is 0 Å². The summed E-state index contributed by atoms with van der Waals surface area (Å²) in [4.78, 5) is 23.5. The van der Waals surface area contributed by atoms with Gasteiger partial charge in [-0.15, -0.1) is 0 Å². The number of ether oxygens (including phenoxy) is 2. The molecule has 0 unspecified atom stereocenters. The lowest BCUT2D eigenvalue weighted by molar-refractivity contribution is -0.143.